The van der Waals surface area contributed by atoms with Crippen LogP contribution in [0.15, 0.2) is 48.3 Å². The van der Waals surface area contributed by atoms with E-state index in [2.05, 4.69) is 4.98 Å². The van der Waals surface area contributed by atoms with Gasteiger partial charge in [-0.25, -0.2) is 0 Å². The highest BCUT2D eigenvalue weighted by Crippen LogP contribution is 2.37. The van der Waals surface area contributed by atoms with Crippen LogP contribution in [0.1, 0.15) is 11.3 Å². The lowest BCUT2D eigenvalue weighted by Gasteiger charge is -2.29. The van der Waals surface area contributed by atoms with E-state index in [4.69, 9.17) is 14.2 Å². The maximum Gasteiger partial charge on any atom is 0.278 e. The van der Waals surface area contributed by atoms with Gasteiger partial charge in [-0.05, 0) is 29.8 Å². The molecule has 2 aromatic rings. The third-order valence-electron chi connectivity index (χ3n) is 5.19. The van der Waals surface area contributed by atoms with Gasteiger partial charge in [0.05, 0.1) is 45.2 Å². The van der Waals surface area contributed by atoms with E-state index in [9.17, 15) is 9.59 Å². The minimum atomic E-state index is -0.348. The molecule has 1 aromatic heterocycles. The first kappa shape index (κ1) is 19.9. The van der Waals surface area contributed by atoms with Crippen LogP contribution in [0, 0.1) is 0 Å². The fraction of sp³-hybridized carbons (Fsp3) is 0.318. The predicted octanol–water partition coefficient (Wildman–Crippen LogP) is 1.71. The second-order valence-corrected chi connectivity index (χ2v) is 6.91. The lowest BCUT2D eigenvalue weighted by atomic mass is 10.0. The number of methoxy groups -OCH3 is 2. The summed E-state index contributed by atoms with van der Waals surface area (Å²) >= 11 is 0. The van der Waals surface area contributed by atoms with E-state index in [-0.39, 0.29) is 18.4 Å². The predicted molar refractivity (Wildman–Crippen MR) is 109 cm³/mol. The number of pyridine rings is 1. The Hall–Kier alpha value is -3.39. The number of nitrogens with zero attached hydrogens (tertiary/aromatic N) is 3. The molecule has 0 bridgehead atoms. The zero-order valence-corrected chi connectivity index (χ0v) is 17.0. The number of benzene rings is 1. The van der Waals surface area contributed by atoms with E-state index < -0.39 is 0 Å². The van der Waals surface area contributed by atoms with E-state index in [0.717, 1.165) is 0 Å². The molecule has 0 N–H and O–H groups in total. The number of carbonyl (C=O) groups excluding carboxylic acids is 2. The largest absolute Gasteiger partial charge is 0.493 e. The summed E-state index contributed by atoms with van der Waals surface area (Å²) in [5.74, 6) is 0.376. The molecule has 8 heteroatoms. The van der Waals surface area contributed by atoms with Gasteiger partial charge in [0, 0.05) is 19.3 Å². The van der Waals surface area contributed by atoms with Crippen LogP contribution in [0.4, 0.5) is 0 Å². The fourth-order valence-corrected chi connectivity index (χ4v) is 3.69. The van der Waals surface area contributed by atoms with Crippen molar-refractivity contribution >= 4 is 17.4 Å². The Labute approximate surface area is 174 Å². The molecule has 1 aromatic carbocycles. The maximum atomic E-state index is 13.4. The molecule has 0 saturated carbocycles. The number of morpholine rings is 1. The molecule has 30 heavy (non-hydrogen) atoms. The molecule has 0 unspecified atom stereocenters. The monoisotopic (exact) mass is 409 g/mol. The molecule has 156 valence electrons. The van der Waals surface area contributed by atoms with Crippen LogP contribution in [0.25, 0.3) is 5.57 Å². The Balaban J connectivity index is 1.77. The SMILES string of the molecule is COc1ccc(C2=C(N3CCOCC3)C(=O)N(Cc3ccccn3)C2=O)cc1OC. The lowest BCUT2D eigenvalue weighted by Crippen LogP contribution is -2.40. The van der Waals surface area contributed by atoms with Crippen molar-refractivity contribution in [1.82, 2.24) is 14.8 Å². The van der Waals surface area contributed by atoms with Crippen molar-refractivity contribution in [1.29, 1.82) is 0 Å². The molecule has 3 heterocycles. The number of amides is 2. The maximum absolute atomic E-state index is 13.4. The number of rotatable bonds is 6. The molecular formula is C22H23N3O5. The highest BCUT2D eigenvalue weighted by atomic mass is 16.5. The summed E-state index contributed by atoms with van der Waals surface area (Å²) in [7, 11) is 3.09. The Morgan fingerprint density at radius 1 is 1.00 bits per heavy atom. The topological polar surface area (TPSA) is 81.2 Å². The van der Waals surface area contributed by atoms with Crippen LogP contribution in [0.3, 0.4) is 0 Å². The van der Waals surface area contributed by atoms with E-state index in [0.29, 0.717) is 60.3 Å². The van der Waals surface area contributed by atoms with Crippen molar-refractivity contribution < 1.29 is 23.8 Å². The molecule has 0 aliphatic carbocycles. The highest BCUT2D eigenvalue weighted by Gasteiger charge is 2.42. The quantitative estimate of drug-likeness (QED) is 0.672. The zero-order chi connectivity index (χ0) is 21.1. The summed E-state index contributed by atoms with van der Waals surface area (Å²) in [5, 5.41) is 0. The van der Waals surface area contributed by atoms with E-state index >= 15 is 0 Å². The van der Waals surface area contributed by atoms with Crippen LogP contribution in [0.5, 0.6) is 11.5 Å². The van der Waals surface area contributed by atoms with E-state index in [1.807, 2.05) is 11.0 Å². The summed E-state index contributed by atoms with van der Waals surface area (Å²) in [4.78, 5) is 34.2. The van der Waals surface area contributed by atoms with Gasteiger partial charge in [-0.15, -0.1) is 0 Å². The number of hydrogen-bond acceptors (Lipinski definition) is 7. The van der Waals surface area contributed by atoms with Crippen LogP contribution in [0.2, 0.25) is 0 Å². The molecular weight excluding hydrogens is 386 g/mol. The van der Waals surface area contributed by atoms with Crippen LogP contribution in [-0.4, -0.2) is 67.1 Å². The third-order valence-corrected chi connectivity index (χ3v) is 5.19. The molecule has 2 aliphatic rings. The molecule has 2 aliphatic heterocycles. The Morgan fingerprint density at radius 2 is 1.77 bits per heavy atom. The van der Waals surface area contributed by atoms with Gasteiger partial charge < -0.3 is 19.1 Å². The molecule has 8 nitrogen and oxygen atoms in total. The number of carbonyl (C=O) groups is 2. The summed E-state index contributed by atoms with van der Waals surface area (Å²) in [5.41, 5.74) is 2.01. The molecule has 1 saturated heterocycles. The molecule has 4 rings (SSSR count). The fourth-order valence-electron chi connectivity index (χ4n) is 3.69. The van der Waals surface area contributed by atoms with Crippen molar-refractivity contribution in [2.45, 2.75) is 6.54 Å². The zero-order valence-electron chi connectivity index (χ0n) is 17.0. The normalized spacial score (nSPS) is 17.0. The summed E-state index contributed by atoms with van der Waals surface area (Å²) in [6.07, 6.45) is 1.64. The van der Waals surface area contributed by atoms with Crippen LogP contribution < -0.4 is 9.47 Å². The van der Waals surface area contributed by atoms with Crippen molar-refractivity contribution in [2.24, 2.45) is 0 Å². The van der Waals surface area contributed by atoms with Gasteiger partial charge in [0.2, 0.25) is 0 Å². The van der Waals surface area contributed by atoms with Crippen molar-refractivity contribution in [3.05, 3.63) is 59.5 Å². The van der Waals surface area contributed by atoms with E-state index in [1.165, 1.54) is 12.0 Å². The minimum absolute atomic E-state index is 0.114. The summed E-state index contributed by atoms with van der Waals surface area (Å²) in [6, 6.07) is 10.7. The first-order valence-corrected chi connectivity index (χ1v) is 9.69. The van der Waals surface area contributed by atoms with E-state index in [1.54, 1.807) is 43.6 Å². The number of aromatic nitrogens is 1. The van der Waals surface area contributed by atoms with Crippen LogP contribution >= 0.6 is 0 Å². The van der Waals surface area contributed by atoms with Gasteiger partial charge in [-0.2, -0.15) is 0 Å². The Bertz CT molecular complexity index is 984. The minimum Gasteiger partial charge on any atom is -0.493 e. The Morgan fingerprint density at radius 3 is 2.43 bits per heavy atom. The smallest absolute Gasteiger partial charge is 0.278 e. The molecule has 0 atom stereocenters. The number of hydrogen-bond donors (Lipinski definition) is 0. The first-order valence-electron chi connectivity index (χ1n) is 9.69. The van der Waals surface area contributed by atoms with Gasteiger partial charge >= 0.3 is 0 Å². The lowest BCUT2D eigenvalue weighted by molar-refractivity contribution is -0.138. The van der Waals surface area contributed by atoms with Gasteiger partial charge in [-0.3, -0.25) is 19.5 Å². The Kier molecular flexibility index (Phi) is 5.67. The molecule has 2 amide bonds. The summed E-state index contributed by atoms with van der Waals surface area (Å²) < 4.78 is 16.1. The average Bonchev–Trinajstić information content (AvgIpc) is 3.04. The number of imide groups is 1. The molecule has 0 radical (unpaired) electrons. The second-order valence-electron chi connectivity index (χ2n) is 6.91. The van der Waals surface area contributed by atoms with Gasteiger partial charge in [0.15, 0.2) is 11.5 Å². The standard InChI is InChI=1S/C22H23N3O5/c1-28-17-7-6-15(13-18(17)29-2)19-20(24-9-11-30-12-10-24)22(27)25(21(19)26)14-16-5-3-4-8-23-16/h3-8,13H,9-12,14H2,1-2H3. The van der Waals surface area contributed by atoms with Crippen LogP contribution in [-0.2, 0) is 20.9 Å². The summed E-state index contributed by atoms with van der Waals surface area (Å²) in [6.45, 7) is 2.21. The van der Waals surface area contributed by atoms with Crippen molar-refractivity contribution in [2.75, 3.05) is 40.5 Å². The van der Waals surface area contributed by atoms with Crippen molar-refractivity contribution in [3.63, 3.8) is 0 Å². The first-order chi connectivity index (χ1) is 14.6. The van der Waals surface area contributed by atoms with Crippen molar-refractivity contribution in [3.8, 4) is 11.5 Å². The van der Waals surface area contributed by atoms with Gasteiger partial charge in [0.25, 0.3) is 11.8 Å². The van der Waals surface area contributed by atoms with Gasteiger partial charge in [0.1, 0.15) is 5.70 Å². The highest BCUT2D eigenvalue weighted by molar-refractivity contribution is 6.35. The third kappa shape index (κ3) is 3.61. The molecule has 1 fully saturated rings. The van der Waals surface area contributed by atoms with Gasteiger partial charge in [-0.1, -0.05) is 12.1 Å². The second kappa shape index (κ2) is 8.54. The molecule has 0 spiro atoms. The number of ether oxygens (including phenoxy) is 3. The average molecular weight is 409 g/mol.